The Morgan fingerprint density at radius 1 is 0.963 bits per heavy atom. The lowest BCUT2D eigenvalue weighted by atomic mass is 10.1. The van der Waals surface area contributed by atoms with Crippen molar-refractivity contribution >= 4 is 23.6 Å². The molecule has 0 aromatic heterocycles. The molecule has 1 aromatic rings. The number of nitrogens with zero attached hydrogens (tertiary/aromatic N) is 3. The molecular weight excluding hydrogens is 350 g/mol. The van der Waals surface area contributed by atoms with Crippen molar-refractivity contribution in [2.24, 2.45) is 0 Å². The molecule has 8 heteroatoms. The van der Waals surface area contributed by atoms with Crippen LogP contribution in [0, 0.1) is 0 Å². The topological polar surface area (TPSA) is 87.2 Å². The Balaban J connectivity index is 1.33. The van der Waals surface area contributed by atoms with Gasteiger partial charge in [-0.3, -0.25) is 24.1 Å². The van der Waals surface area contributed by atoms with Crippen molar-refractivity contribution in [2.75, 3.05) is 39.3 Å². The number of piperazine rings is 1. The summed E-state index contributed by atoms with van der Waals surface area (Å²) in [5, 5.41) is 0. The molecule has 3 heterocycles. The lowest BCUT2D eigenvalue weighted by molar-refractivity contribution is -0.146. The number of carbonyl (C=O) groups is 4. The lowest BCUT2D eigenvalue weighted by Gasteiger charge is -2.36. The van der Waals surface area contributed by atoms with E-state index >= 15 is 0 Å². The molecule has 1 aromatic carbocycles. The highest BCUT2D eigenvalue weighted by atomic mass is 16.5. The quantitative estimate of drug-likeness (QED) is 0.705. The van der Waals surface area contributed by atoms with Crippen LogP contribution >= 0.6 is 0 Å². The second-order valence-electron chi connectivity index (χ2n) is 6.95. The maximum absolute atomic E-state index is 12.6. The zero-order valence-corrected chi connectivity index (χ0v) is 14.9. The highest BCUT2D eigenvalue weighted by molar-refractivity contribution is 6.22. The van der Waals surface area contributed by atoms with Gasteiger partial charge in [0.05, 0.1) is 11.1 Å². The molecule has 0 radical (unpaired) electrons. The summed E-state index contributed by atoms with van der Waals surface area (Å²) in [4.78, 5) is 54.0. The molecule has 2 saturated heterocycles. The number of benzene rings is 1. The van der Waals surface area contributed by atoms with Crippen molar-refractivity contribution in [3.05, 3.63) is 35.4 Å². The van der Waals surface area contributed by atoms with Crippen molar-refractivity contribution in [3.63, 3.8) is 0 Å². The molecule has 1 unspecified atom stereocenters. The normalized spacial score (nSPS) is 22.4. The Morgan fingerprint density at radius 2 is 1.56 bits per heavy atom. The molecule has 0 spiro atoms. The van der Waals surface area contributed by atoms with E-state index in [0.717, 1.165) is 17.7 Å². The average molecular weight is 371 g/mol. The molecule has 0 bridgehead atoms. The van der Waals surface area contributed by atoms with E-state index in [4.69, 9.17) is 4.74 Å². The van der Waals surface area contributed by atoms with Gasteiger partial charge in [0.2, 0.25) is 5.91 Å². The summed E-state index contributed by atoms with van der Waals surface area (Å²) in [6.45, 7) is 2.00. The van der Waals surface area contributed by atoms with Crippen LogP contribution in [0.25, 0.3) is 0 Å². The van der Waals surface area contributed by atoms with Crippen molar-refractivity contribution in [3.8, 4) is 0 Å². The first-order valence-electron chi connectivity index (χ1n) is 9.19. The van der Waals surface area contributed by atoms with Gasteiger partial charge in [-0.05, 0) is 25.0 Å². The van der Waals surface area contributed by atoms with Gasteiger partial charge in [0.15, 0.2) is 0 Å². The van der Waals surface area contributed by atoms with Crippen LogP contribution in [0.1, 0.15) is 33.6 Å². The van der Waals surface area contributed by atoms with Crippen LogP contribution in [0.15, 0.2) is 24.3 Å². The minimum Gasteiger partial charge on any atom is -0.368 e. The predicted octanol–water partition coefficient (Wildman–Crippen LogP) is 0.132. The first-order valence-corrected chi connectivity index (χ1v) is 9.19. The SMILES string of the molecule is O=C(CN1C(=O)c2ccccc2C1=O)N1CCN(C(=O)C2CCCO2)CC1. The maximum Gasteiger partial charge on any atom is 0.262 e. The molecule has 8 nitrogen and oxygen atoms in total. The Labute approximate surface area is 156 Å². The molecule has 0 N–H and O–H groups in total. The fourth-order valence-corrected chi connectivity index (χ4v) is 3.77. The number of fused-ring (bicyclic) bond motifs is 1. The zero-order valence-electron chi connectivity index (χ0n) is 14.9. The van der Waals surface area contributed by atoms with E-state index in [2.05, 4.69) is 0 Å². The van der Waals surface area contributed by atoms with E-state index in [-0.39, 0.29) is 24.5 Å². The molecule has 0 saturated carbocycles. The molecule has 2 fully saturated rings. The van der Waals surface area contributed by atoms with E-state index in [1.165, 1.54) is 0 Å². The molecule has 0 aliphatic carbocycles. The molecule has 27 heavy (non-hydrogen) atoms. The van der Waals surface area contributed by atoms with Crippen LogP contribution in [0.5, 0.6) is 0 Å². The van der Waals surface area contributed by atoms with Crippen molar-refractivity contribution in [1.82, 2.24) is 14.7 Å². The average Bonchev–Trinajstić information content (AvgIpc) is 3.32. The number of imide groups is 1. The Kier molecular flexibility index (Phi) is 4.65. The van der Waals surface area contributed by atoms with Crippen LogP contribution in [0.3, 0.4) is 0 Å². The Hall–Kier alpha value is -2.74. The summed E-state index contributed by atoms with van der Waals surface area (Å²) in [6.07, 6.45) is 1.29. The number of carbonyl (C=O) groups excluding carboxylic acids is 4. The van der Waals surface area contributed by atoms with Crippen molar-refractivity contribution < 1.29 is 23.9 Å². The third-order valence-electron chi connectivity index (χ3n) is 5.32. The monoisotopic (exact) mass is 371 g/mol. The molecule has 1 atom stereocenters. The highest BCUT2D eigenvalue weighted by Crippen LogP contribution is 2.22. The van der Waals surface area contributed by atoms with E-state index in [1.807, 2.05) is 0 Å². The summed E-state index contributed by atoms with van der Waals surface area (Å²) in [5.41, 5.74) is 0.671. The molecule has 4 rings (SSSR count). The van der Waals surface area contributed by atoms with Gasteiger partial charge in [-0.25, -0.2) is 0 Å². The van der Waals surface area contributed by atoms with Gasteiger partial charge in [0.25, 0.3) is 17.7 Å². The molecule has 142 valence electrons. The maximum atomic E-state index is 12.6. The number of amides is 4. The van der Waals surface area contributed by atoms with Gasteiger partial charge in [-0.1, -0.05) is 12.1 Å². The minimum absolute atomic E-state index is 0.0139. The Morgan fingerprint density at radius 3 is 2.11 bits per heavy atom. The molecule has 3 aliphatic rings. The third kappa shape index (κ3) is 3.21. The van der Waals surface area contributed by atoms with Gasteiger partial charge in [-0.2, -0.15) is 0 Å². The van der Waals surface area contributed by atoms with Gasteiger partial charge in [-0.15, -0.1) is 0 Å². The number of hydrogen-bond acceptors (Lipinski definition) is 5. The Bertz CT molecular complexity index is 759. The largest absolute Gasteiger partial charge is 0.368 e. The number of hydrogen-bond donors (Lipinski definition) is 0. The predicted molar refractivity (Wildman–Crippen MR) is 93.9 cm³/mol. The van der Waals surface area contributed by atoms with Crippen molar-refractivity contribution in [2.45, 2.75) is 18.9 Å². The summed E-state index contributed by atoms with van der Waals surface area (Å²) in [7, 11) is 0. The zero-order chi connectivity index (χ0) is 19.0. The fraction of sp³-hybridized carbons (Fsp3) is 0.474. The molecule has 4 amide bonds. The van der Waals surface area contributed by atoms with Gasteiger partial charge in [0, 0.05) is 32.8 Å². The summed E-state index contributed by atoms with van der Waals surface area (Å²) in [5.74, 6) is -1.17. The summed E-state index contributed by atoms with van der Waals surface area (Å²) < 4.78 is 5.43. The first-order chi connectivity index (χ1) is 13.1. The van der Waals surface area contributed by atoms with E-state index in [1.54, 1.807) is 34.1 Å². The van der Waals surface area contributed by atoms with Crippen LogP contribution < -0.4 is 0 Å². The van der Waals surface area contributed by atoms with Gasteiger partial charge in [0.1, 0.15) is 12.6 Å². The van der Waals surface area contributed by atoms with E-state index in [9.17, 15) is 19.2 Å². The van der Waals surface area contributed by atoms with Crippen LogP contribution in [-0.4, -0.2) is 83.8 Å². The highest BCUT2D eigenvalue weighted by Gasteiger charge is 2.38. The summed E-state index contributed by atoms with van der Waals surface area (Å²) in [6, 6.07) is 6.57. The summed E-state index contributed by atoms with van der Waals surface area (Å²) >= 11 is 0. The number of ether oxygens (including phenoxy) is 1. The van der Waals surface area contributed by atoms with E-state index < -0.39 is 11.8 Å². The first kappa shape index (κ1) is 17.7. The second kappa shape index (κ2) is 7.11. The van der Waals surface area contributed by atoms with Crippen LogP contribution in [-0.2, 0) is 14.3 Å². The van der Waals surface area contributed by atoms with Gasteiger partial charge >= 0.3 is 0 Å². The molecular formula is C19H21N3O5. The van der Waals surface area contributed by atoms with Crippen molar-refractivity contribution in [1.29, 1.82) is 0 Å². The van der Waals surface area contributed by atoms with Gasteiger partial charge < -0.3 is 14.5 Å². The van der Waals surface area contributed by atoms with Crippen LogP contribution in [0.2, 0.25) is 0 Å². The smallest absolute Gasteiger partial charge is 0.262 e. The standard InChI is InChI=1S/C19H21N3O5/c23-16(12-22-17(24)13-4-1-2-5-14(13)18(22)25)20-7-9-21(10-8-20)19(26)15-6-3-11-27-15/h1-2,4-5,15H,3,6-12H2. The van der Waals surface area contributed by atoms with E-state index in [0.29, 0.717) is 43.9 Å². The molecule has 3 aliphatic heterocycles. The third-order valence-corrected chi connectivity index (χ3v) is 5.32. The number of rotatable bonds is 3. The minimum atomic E-state index is -0.434. The second-order valence-corrected chi connectivity index (χ2v) is 6.95. The lowest BCUT2D eigenvalue weighted by Crippen LogP contribution is -2.54. The fourth-order valence-electron chi connectivity index (χ4n) is 3.77. The van der Waals surface area contributed by atoms with Crippen LogP contribution in [0.4, 0.5) is 0 Å².